The van der Waals surface area contributed by atoms with Gasteiger partial charge in [-0.2, -0.15) is 0 Å². The fraction of sp³-hybridized carbons (Fsp3) is 0.607. The van der Waals surface area contributed by atoms with E-state index in [9.17, 15) is 4.79 Å². The molecule has 6 nitrogen and oxygen atoms in total. The van der Waals surface area contributed by atoms with Crippen LogP contribution in [0.3, 0.4) is 0 Å². The van der Waals surface area contributed by atoms with Gasteiger partial charge in [0.15, 0.2) is 0 Å². The van der Waals surface area contributed by atoms with E-state index in [0.29, 0.717) is 31.0 Å². The molecule has 4 heterocycles. The molecule has 3 aliphatic heterocycles. The summed E-state index contributed by atoms with van der Waals surface area (Å²) in [5, 5.41) is 0. The van der Waals surface area contributed by atoms with Crippen molar-refractivity contribution in [3.05, 3.63) is 59.7 Å². The van der Waals surface area contributed by atoms with Crippen LogP contribution in [0.15, 0.2) is 42.9 Å². The van der Waals surface area contributed by atoms with E-state index in [2.05, 4.69) is 51.1 Å². The van der Waals surface area contributed by atoms with Crippen molar-refractivity contribution < 1.29 is 9.53 Å². The Morgan fingerprint density at radius 2 is 1.85 bits per heavy atom. The number of nitrogens with zero attached hydrogens (tertiary/aromatic N) is 4. The number of carbonyl (C=O) groups excluding carboxylic acids is 1. The first-order chi connectivity index (χ1) is 16.6. The molecule has 3 aliphatic rings. The molecule has 6 heteroatoms. The Balaban J connectivity index is 1.33. The Morgan fingerprint density at radius 1 is 1.06 bits per heavy atom. The second-order valence-corrected chi connectivity index (χ2v) is 10.6. The second kappa shape index (κ2) is 10.5. The molecule has 0 radical (unpaired) electrons. The molecular formula is C28H38N4O2. The number of ether oxygens (including phenoxy) is 1. The van der Waals surface area contributed by atoms with E-state index in [-0.39, 0.29) is 5.41 Å². The third-order valence-corrected chi connectivity index (χ3v) is 8.34. The normalized spacial score (nSPS) is 24.1. The molecule has 0 spiro atoms. The molecule has 1 aromatic carbocycles. The molecule has 0 aliphatic carbocycles. The molecule has 1 aromatic heterocycles. The van der Waals surface area contributed by atoms with Gasteiger partial charge in [0.1, 0.15) is 0 Å². The average Bonchev–Trinajstić information content (AvgIpc) is 2.90. The highest BCUT2D eigenvalue weighted by molar-refractivity contribution is 5.83. The van der Waals surface area contributed by atoms with E-state index in [4.69, 9.17) is 4.74 Å². The molecule has 1 amide bonds. The Kier molecular flexibility index (Phi) is 7.26. The molecule has 5 rings (SSSR count). The minimum atomic E-state index is -0.353. The maximum atomic E-state index is 14.1. The van der Waals surface area contributed by atoms with Crippen LogP contribution in [0.2, 0.25) is 0 Å². The first-order valence-corrected chi connectivity index (χ1v) is 13.0. The fourth-order valence-electron chi connectivity index (χ4n) is 6.34. The number of hydrogen-bond donors (Lipinski definition) is 0. The molecule has 2 aromatic rings. The molecule has 0 saturated carbocycles. The molecule has 1 atom stereocenters. The summed E-state index contributed by atoms with van der Waals surface area (Å²) in [4.78, 5) is 27.4. The summed E-state index contributed by atoms with van der Waals surface area (Å²) < 4.78 is 5.74. The fourth-order valence-corrected chi connectivity index (χ4v) is 6.34. The van der Waals surface area contributed by atoms with Crippen LogP contribution in [0.25, 0.3) is 0 Å². The monoisotopic (exact) mass is 462 g/mol. The summed E-state index contributed by atoms with van der Waals surface area (Å²) in [5.41, 5.74) is 3.53. The van der Waals surface area contributed by atoms with Crippen LogP contribution in [0, 0.1) is 5.41 Å². The van der Waals surface area contributed by atoms with E-state index in [1.165, 1.54) is 30.5 Å². The Labute approximate surface area is 203 Å². The Bertz CT molecular complexity index is 952. The number of likely N-dealkylation sites (tertiary alicyclic amines) is 2. The van der Waals surface area contributed by atoms with Crippen molar-refractivity contribution in [2.75, 3.05) is 46.4 Å². The lowest BCUT2D eigenvalue weighted by Gasteiger charge is -2.42. The van der Waals surface area contributed by atoms with E-state index in [1.807, 2.05) is 6.20 Å². The number of amides is 1. The van der Waals surface area contributed by atoms with Gasteiger partial charge in [-0.15, -0.1) is 0 Å². The van der Waals surface area contributed by atoms with Crippen LogP contribution in [0.4, 0.5) is 0 Å². The highest BCUT2D eigenvalue weighted by atomic mass is 16.5. The van der Waals surface area contributed by atoms with Crippen molar-refractivity contribution in [3.63, 3.8) is 0 Å². The second-order valence-electron chi connectivity index (χ2n) is 10.6. The van der Waals surface area contributed by atoms with Gasteiger partial charge in [0.25, 0.3) is 0 Å². The first kappa shape index (κ1) is 23.4. The van der Waals surface area contributed by atoms with E-state index in [1.54, 1.807) is 12.4 Å². The third kappa shape index (κ3) is 5.03. The van der Waals surface area contributed by atoms with Crippen LogP contribution >= 0.6 is 0 Å². The lowest BCUT2D eigenvalue weighted by atomic mass is 9.71. The van der Waals surface area contributed by atoms with Gasteiger partial charge in [-0.3, -0.25) is 14.8 Å². The summed E-state index contributed by atoms with van der Waals surface area (Å²) in [6.45, 7) is 5.25. The van der Waals surface area contributed by atoms with Crippen LogP contribution in [-0.4, -0.2) is 72.1 Å². The highest BCUT2D eigenvalue weighted by Gasteiger charge is 2.44. The highest BCUT2D eigenvalue weighted by Crippen LogP contribution is 2.40. The predicted octanol–water partition coefficient (Wildman–Crippen LogP) is 4.03. The smallest absolute Gasteiger partial charge is 0.229 e. The Hall–Kier alpha value is -2.31. The van der Waals surface area contributed by atoms with Gasteiger partial charge in [-0.1, -0.05) is 24.3 Å². The van der Waals surface area contributed by atoms with Gasteiger partial charge < -0.3 is 14.5 Å². The predicted molar refractivity (Wildman–Crippen MR) is 133 cm³/mol. The van der Waals surface area contributed by atoms with E-state index < -0.39 is 0 Å². The SMILES string of the molecule is CN1CCCC(c2ccccc2CC2(C(=O)N3CCC(c4cnccn4)CC3)CCOCC2)C1. The number of benzene rings is 1. The zero-order valence-electron chi connectivity index (χ0n) is 20.5. The maximum absolute atomic E-state index is 14.1. The van der Waals surface area contributed by atoms with E-state index in [0.717, 1.165) is 57.4 Å². The summed E-state index contributed by atoms with van der Waals surface area (Å²) in [7, 11) is 2.23. The molecular weight excluding hydrogens is 424 g/mol. The zero-order chi connectivity index (χ0) is 23.4. The van der Waals surface area contributed by atoms with Gasteiger partial charge in [0.2, 0.25) is 5.91 Å². The van der Waals surface area contributed by atoms with Gasteiger partial charge in [-0.25, -0.2) is 0 Å². The Morgan fingerprint density at radius 3 is 2.59 bits per heavy atom. The average molecular weight is 463 g/mol. The molecule has 0 bridgehead atoms. The largest absolute Gasteiger partial charge is 0.381 e. The zero-order valence-corrected chi connectivity index (χ0v) is 20.5. The van der Waals surface area contributed by atoms with Crippen molar-refractivity contribution in [1.82, 2.24) is 19.8 Å². The van der Waals surface area contributed by atoms with Crippen molar-refractivity contribution in [2.24, 2.45) is 5.41 Å². The number of rotatable bonds is 5. The van der Waals surface area contributed by atoms with Crippen LogP contribution in [-0.2, 0) is 16.0 Å². The molecule has 1 unspecified atom stereocenters. The lowest BCUT2D eigenvalue weighted by molar-refractivity contribution is -0.149. The van der Waals surface area contributed by atoms with Crippen molar-refractivity contribution in [3.8, 4) is 0 Å². The van der Waals surface area contributed by atoms with Gasteiger partial charge in [0.05, 0.1) is 11.1 Å². The molecule has 34 heavy (non-hydrogen) atoms. The minimum Gasteiger partial charge on any atom is -0.381 e. The van der Waals surface area contributed by atoms with Crippen molar-refractivity contribution in [1.29, 1.82) is 0 Å². The third-order valence-electron chi connectivity index (χ3n) is 8.34. The summed E-state index contributed by atoms with van der Waals surface area (Å²) in [5.74, 6) is 1.29. The summed E-state index contributed by atoms with van der Waals surface area (Å²) >= 11 is 0. The standard InChI is InChI=1S/C28H38N4O2/c1-31-14-4-6-24(21-31)25-7-3-2-5-23(25)19-28(10-17-34-18-11-28)27(33)32-15-8-22(9-16-32)26-20-29-12-13-30-26/h2-3,5,7,12-13,20,22,24H,4,6,8-11,14-19,21H2,1H3. The van der Waals surface area contributed by atoms with Crippen LogP contribution < -0.4 is 0 Å². The topological polar surface area (TPSA) is 58.6 Å². The van der Waals surface area contributed by atoms with Crippen LogP contribution in [0.5, 0.6) is 0 Å². The summed E-state index contributed by atoms with van der Waals surface area (Å²) in [6, 6.07) is 8.90. The first-order valence-electron chi connectivity index (χ1n) is 13.0. The number of aromatic nitrogens is 2. The minimum absolute atomic E-state index is 0.337. The van der Waals surface area contributed by atoms with Gasteiger partial charge in [0, 0.05) is 57.4 Å². The summed E-state index contributed by atoms with van der Waals surface area (Å²) in [6.07, 6.45) is 12.2. The van der Waals surface area contributed by atoms with E-state index >= 15 is 0 Å². The molecule has 3 fully saturated rings. The maximum Gasteiger partial charge on any atom is 0.229 e. The molecule has 0 N–H and O–H groups in total. The van der Waals surface area contributed by atoms with Crippen LogP contribution in [0.1, 0.15) is 67.2 Å². The number of piperidine rings is 2. The lowest BCUT2D eigenvalue weighted by Crippen LogP contribution is -2.50. The van der Waals surface area contributed by atoms with Crippen molar-refractivity contribution >= 4 is 5.91 Å². The van der Waals surface area contributed by atoms with Gasteiger partial charge >= 0.3 is 0 Å². The van der Waals surface area contributed by atoms with Crippen molar-refractivity contribution in [2.45, 2.75) is 56.8 Å². The number of carbonyl (C=O) groups is 1. The van der Waals surface area contributed by atoms with Gasteiger partial charge in [-0.05, 0) is 75.6 Å². The molecule has 182 valence electrons. The number of hydrogen-bond acceptors (Lipinski definition) is 5. The quantitative estimate of drug-likeness (QED) is 0.671. The molecule has 3 saturated heterocycles. The number of likely N-dealkylation sites (N-methyl/N-ethyl adjacent to an activating group) is 1.